The van der Waals surface area contributed by atoms with E-state index in [1.54, 1.807) is 0 Å². The minimum absolute atomic E-state index is 1.29. The molecule has 3 heteroatoms. The minimum atomic E-state index is -1.84. The second-order valence-corrected chi connectivity index (χ2v) is 14.3. The summed E-state index contributed by atoms with van der Waals surface area (Å²) in [5.74, 6) is 0. The number of aryl methyl sites for hydroxylation is 2. The molecule has 0 atom stereocenters. The Labute approximate surface area is 196 Å². The molecule has 4 aromatic carbocycles. The van der Waals surface area contributed by atoms with Crippen molar-refractivity contribution in [2.24, 2.45) is 7.05 Å². The van der Waals surface area contributed by atoms with Crippen molar-refractivity contribution >= 4 is 51.4 Å². The van der Waals surface area contributed by atoms with Crippen molar-refractivity contribution in [1.29, 1.82) is 0 Å². The van der Waals surface area contributed by atoms with Gasteiger partial charge in [-0.1, -0.05) is 84.1 Å². The van der Waals surface area contributed by atoms with Gasteiger partial charge < -0.3 is 4.90 Å². The van der Waals surface area contributed by atoms with Crippen LogP contribution in [0.1, 0.15) is 5.56 Å². The van der Waals surface area contributed by atoms with E-state index in [0.717, 1.165) is 0 Å². The number of pyridine rings is 1. The van der Waals surface area contributed by atoms with Gasteiger partial charge in [-0.3, -0.25) is 0 Å². The van der Waals surface area contributed by atoms with Crippen molar-refractivity contribution in [3.8, 4) is 11.3 Å². The number of hydrogen-bond donors (Lipinski definition) is 0. The fourth-order valence-electron chi connectivity index (χ4n) is 5.63. The SMILES string of the molecule is Cc1c2c(cc3ccccc13)N(C)c1cc([Si](C)(C)c3ccccc3)cc3cc[n+](C)c-2c13. The Hall–Kier alpha value is -3.43. The van der Waals surface area contributed by atoms with E-state index in [4.69, 9.17) is 0 Å². The summed E-state index contributed by atoms with van der Waals surface area (Å²) in [7, 11) is 2.58. The second kappa shape index (κ2) is 7.03. The number of aromatic nitrogens is 1. The van der Waals surface area contributed by atoms with Gasteiger partial charge >= 0.3 is 0 Å². The molecule has 0 spiro atoms. The monoisotopic (exact) mass is 445 g/mol. The van der Waals surface area contributed by atoms with Gasteiger partial charge in [0.15, 0.2) is 6.20 Å². The smallest absolute Gasteiger partial charge is 0.224 e. The highest BCUT2D eigenvalue weighted by atomic mass is 28.3. The molecule has 0 unspecified atom stereocenters. The zero-order valence-electron chi connectivity index (χ0n) is 20.0. The molecule has 0 saturated carbocycles. The van der Waals surface area contributed by atoms with Gasteiger partial charge in [-0.2, -0.15) is 0 Å². The van der Waals surface area contributed by atoms with E-state index >= 15 is 0 Å². The first-order valence-electron chi connectivity index (χ1n) is 11.7. The van der Waals surface area contributed by atoms with Crippen LogP contribution in [0.25, 0.3) is 32.8 Å². The van der Waals surface area contributed by atoms with E-state index in [0.29, 0.717) is 0 Å². The zero-order chi connectivity index (χ0) is 22.9. The van der Waals surface area contributed by atoms with Crippen LogP contribution in [0.5, 0.6) is 0 Å². The highest BCUT2D eigenvalue weighted by Gasteiger charge is 2.34. The molecule has 5 aromatic rings. The summed E-state index contributed by atoms with van der Waals surface area (Å²) in [4.78, 5) is 2.42. The molecule has 1 aromatic heterocycles. The van der Waals surface area contributed by atoms with Crippen LogP contribution in [-0.4, -0.2) is 15.1 Å². The van der Waals surface area contributed by atoms with Crippen LogP contribution in [-0.2, 0) is 7.05 Å². The molecular formula is C30H29N2Si+. The predicted octanol–water partition coefficient (Wildman–Crippen LogP) is 5.70. The molecule has 0 fully saturated rings. The Morgan fingerprint density at radius 2 is 1.48 bits per heavy atom. The largest absolute Gasteiger partial charge is 0.343 e. The lowest BCUT2D eigenvalue weighted by molar-refractivity contribution is -0.659. The minimum Gasteiger partial charge on any atom is -0.343 e. The van der Waals surface area contributed by atoms with Gasteiger partial charge in [0.05, 0.1) is 22.3 Å². The maximum absolute atomic E-state index is 2.47. The third kappa shape index (κ3) is 2.82. The Balaban J connectivity index is 1.70. The number of anilines is 2. The molecule has 0 aliphatic carbocycles. The number of nitrogens with zero attached hydrogens (tertiary/aromatic N) is 2. The van der Waals surface area contributed by atoms with Crippen LogP contribution >= 0.6 is 0 Å². The molecule has 6 rings (SSSR count). The predicted molar refractivity (Wildman–Crippen MR) is 144 cm³/mol. The fourth-order valence-corrected chi connectivity index (χ4v) is 8.01. The first-order chi connectivity index (χ1) is 15.9. The van der Waals surface area contributed by atoms with Crippen molar-refractivity contribution < 1.29 is 4.57 Å². The third-order valence-corrected chi connectivity index (χ3v) is 11.2. The highest BCUT2D eigenvalue weighted by Crippen LogP contribution is 2.48. The molecule has 0 amide bonds. The summed E-state index contributed by atoms with van der Waals surface area (Å²) in [6, 6.07) is 29.4. The van der Waals surface area contributed by atoms with E-state index < -0.39 is 8.07 Å². The molecule has 0 radical (unpaired) electrons. The van der Waals surface area contributed by atoms with Crippen molar-refractivity contribution in [3.63, 3.8) is 0 Å². The fraction of sp³-hybridized carbons (Fsp3) is 0.167. The average molecular weight is 446 g/mol. The number of rotatable bonds is 2. The van der Waals surface area contributed by atoms with Crippen molar-refractivity contribution in [2.45, 2.75) is 20.0 Å². The lowest BCUT2D eigenvalue weighted by Crippen LogP contribution is -2.53. The molecule has 33 heavy (non-hydrogen) atoms. The molecule has 1 aliphatic rings. The van der Waals surface area contributed by atoms with Gasteiger partial charge in [0.1, 0.15) is 15.1 Å². The normalized spacial score (nSPS) is 12.9. The molecule has 0 N–H and O–H groups in total. The summed E-state index contributed by atoms with van der Waals surface area (Å²) in [5, 5.41) is 8.27. The molecule has 162 valence electrons. The Bertz CT molecular complexity index is 1570. The van der Waals surface area contributed by atoms with Crippen LogP contribution in [0.15, 0.2) is 85.1 Å². The summed E-state index contributed by atoms with van der Waals surface area (Å²) in [6.45, 7) is 7.21. The molecule has 1 aliphatic heterocycles. The number of fused-ring (bicyclic) bond motifs is 3. The van der Waals surface area contributed by atoms with Gasteiger partial charge in [0, 0.05) is 13.1 Å². The molecule has 0 saturated heterocycles. The summed E-state index contributed by atoms with van der Waals surface area (Å²) in [5.41, 5.74) is 6.63. The van der Waals surface area contributed by atoms with Gasteiger partial charge in [-0.15, -0.1) is 0 Å². The molecular weight excluding hydrogens is 416 g/mol. The number of hydrogen-bond acceptors (Lipinski definition) is 1. The van der Waals surface area contributed by atoms with E-state index in [1.807, 2.05) is 0 Å². The standard InChI is InChI=1S/C30H29N2Si/c1-20-25-14-10-9-11-21(25)18-26-28(20)30-29-22(15-16-31(30)2)17-24(19-27(29)32(26)3)33(4,5)23-12-7-6-8-13-23/h6-19H,1-5H3/q+1. The number of benzene rings is 4. The van der Waals surface area contributed by atoms with Crippen molar-refractivity contribution in [1.82, 2.24) is 0 Å². The summed E-state index contributed by atoms with van der Waals surface area (Å²) < 4.78 is 2.30. The molecule has 2 nitrogen and oxygen atoms in total. The summed E-state index contributed by atoms with van der Waals surface area (Å²) >= 11 is 0. The van der Waals surface area contributed by atoms with E-state index in [1.165, 1.54) is 60.1 Å². The Morgan fingerprint density at radius 3 is 2.27 bits per heavy atom. The average Bonchev–Trinajstić information content (AvgIpc) is 2.83. The second-order valence-electron chi connectivity index (χ2n) is 9.90. The van der Waals surface area contributed by atoms with E-state index in [2.05, 4.69) is 129 Å². The first kappa shape index (κ1) is 20.2. The Morgan fingerprint density at radius 1 is 0.758 bits per heavy atom. The van der Waals surface area contributed by atoms with Crippen LogP contribution in [0.2, 0.25) is 13.1 Å². The van der Waals surface area contributed by atoms with Gasteiger partial charge in [-0.25, -0.2) is 4.57 Å². The van der Waals surface area contributed by atoms with Crippen LogP contribution in [0.4, 0.5) is 11.4 Å². The molecule has 2 heterocycles. The van der Waals surface area contributed by atoms with Crippen molar-refractivity contribution in [2.75, 3.05) is 11.9 Å². The van der Waals surface area contributed by atoms with Crippen molar-refractivity contribution in [3.05, 3.63) is 90.6 Å². The van der Waals surface area contributed by atoms with E-state index in [-0.39, 0.29) is 0 Å². The third-order valence-electron chi connectivity index (χ3n) is 7.68. The zero-order valence-corrected chi connectivity index (χ0v) is 21.0. The van der Waals surface area contributed by atoms with Crippen LogP contribution < -0.4 is 19.8 Å². The van der Waals surface area contributed by atoms with Gasteiger partial charge in [-0.05, 0) is 40.8 Å². The lowest BCUT2D eigenvalue weighted by Gasteiger charge is -2.32. The molecule has 0 bridgehead atoms. The Kier molecular flexibility index (Phi) is 4.30. The lowest BCUT2D eigenvalue weighted by atomic mass is 9.89. The maximum atomic E-state index is 2.47. The quantitative estimate of drug-likeness (QED) is 0.250. The van der Waals surface area contributed by atoms with Gasteiger partial charge in [0.25, 0.3) is 0 Å². The van der Waals surface area contributed by atoms with Crippen LogP contribution in [0.3, 0.4) is 0 Å². The first-order valence-corrected chi connectivity index (χ1v) is 14.7. The van der Waals surface area contributed by atoms with E-state index in [9.17, 15) is 0 Å². The maximum Gasteiger partial charge on any atom is 0.224 e. The summed E-state index contributed by atoms with van der Waals surface area (Å²) in [6.07, 6.45) is 2.23. The topological polar surface area (TPSA) is 7.12 Å². The highest BCUT2D eigenvalue weighted by molar-refractivity contribution is 7.00. The van der Waals surface area contributed by atoms with Gasteiger partial charge in [0.2, 0.25) is 5.69 Å². The van der Waals surface area contributed by atoms with Crippen LogP contribution in [0, 0.1) is 6.92 Å².